The third-order valence-corrected chi connectivity index (χ3v) is 4.16. The average Bonchev–Trinajstić information content (AvgIpc) is 3.01. The van der Waals surface area contributed by atoms with Crippen LogP contribution in [-0.4, -0.2) is 48.4 Å². The van der Waals surface area contributed by atoms with E-state index in [1.54, 1.807) is 13.0 Å². The molecule has 166 valence electrons. The molecule has 0 fully saturated rings. The first-order valence-electron chi connectivity index (χ1n) is 10.1. The van der Waals surface area contributed by atoms with Crippen molar-refractivity contribution in [2.45, 2.75) is 72.6 Å². The van der Waals surface area contributed by atoms with E-state index in [1.165, 1.54) is 0 Å². The molecule has 0 radical (unpaired) electrons. The molecule has 8 nitrogen and oxygen atoms in total. The third-order valence-electron chi connectivity index (χ3n) is 4.16. The van der Waals surface area contributed by atoms with E-state index in [2.05, 4.69) is 20.9 Å². The fourth-order valence-electron chi connectivity index (χ4n) is 2.50. The van der Waals surface area contributed by atoms with Crippen LogP contribution in [0.3, 0.4) is 0 Å². The molecule has 29 heavy (non-hydrogen) atoms. The Balaban J connectivity index is 2.75. The quantitative estimate of drug-likeness (QED) is 0.388. The average molecular weight is 411 g/mol. The molecule has 0 saturated heterocycles. The summed E-state index contributed by atoms with van der Waals surface area (Å²) in [7, 11) is 0. The van der Waals surface area contributed by atoms with Crippen LogP contribution in [-0.2, 0) is 10.3 Å². The highest BCUT2D eigenvalue weighted by Crippen LogP contribution is 2.23. The Bertz CT molecular complexity index is 674. The molecule has 0 bridgehead atoms. The molecule has 1 heterocycles. The molecule has 4 N–H and O–H groups in total. The van der Waals surface area contributed by atoms with Crippen molar-refractivity contribution < 1.29 is 19.1 Å². The van der Waals surface area contributed by atoms with Gasteiger partial charge in [-0.3, -0.25) is 0 Å². The first-order valence-corrected chi connectivity index (χ1v) is 10.1. The van der Waals surface area contributed by atoms with Crippen molar-refractivity contribution >= 4 is 12.1 Å². The van der Waals surface area contributed by atoms with Crippen LogP contribution >= 0.6 is 0 Å². The predicted molar refractivity (Wildman–Crippen MR) is 115 cm³/mol. The Hall–Kier alpha value is -2.22. The molecule has 0 aromatic carbocycles. The van der Waals surface area contributed by atoms with Gasteiger partial charge in [0.1, 0.15) is 22.7 Å². The number of carbonyl (C=O) groups excluding carboxylic acids is 1. The smallest absolute Gasteiger partial charge is 0.407 e. The normalized spacial score (nSPS) is 15.6. The van der Waals surface area contributed by atoms with Gasteiger partial charge in [-0.25, -0.2) is 9.79 Å². The highest BCUT2D eigenvalue weighted by atomic mass is 16.6. The lowest BCUT2D eigenvalue weighted by molar-refractivity contribution is 0.0428. The second-order valence-electron chi connectivity index (χ2n) is 8.76. The van der Waals surface area contributed by atoms with Gasteiger partial charge in [-0.15, -0.1) is 0 Å². The number of ether oxygens (including phenoxy) is 1. The SMILES string of the molecule is CCNC(=NCC(C)(O)c1ccc(C)o1)NCC(NC(=O)OC(C)(C)C)C(C)C. The zero-order valence-corrected chi connectivity index (χ0v) is 19.0. The number of amides is 1. The number of aryl methyl sites for hydroxylation is 1. The van der Waals surface area contributed by atoms with Crippen molar-refractivity contribution in [1.29, 1.82) is 0 Å². The van der Waals surface area contributed by atoms with E-state index in [0.29, 0.717) is 24.8 Å². The number of alkyl carbamates (subject to hydrolysis) is 1. The summed E-state index contributed by atoms with van der Waals surface area (Å²) in [5.41, 5.74) is -1.77. The summed E-state index contributed by atoms with van der Waals surface area (Å²) in [6.45, 7) is 16.3. The summed E-state index contributed by atoms with van der Waals surface area (Å²) in [6, 6.07) is 3.42. The highest BCUT2D eigenvalue weighted by Gasteiger charge is 2.27. The molecule has 0 aliphatic heterocycles. The summed E-state index contributed by atoms with van der Waals surface area (Å²) in [4.78, 5) is 16.6. The number of nitrogens with zero attached hydrogens (tertiary/aromatic N) is 1. The molecule has 0 aliphatic carbocycles. The van der Waals surface area contributed by atoms with E-state index in [-0.39, 0.29) is 18.5 Å². The van der Waals surface area contributed by atoms with Gasteiger partial charge in [0, 0.05) is 13.1 Å². The largest absolute Gasteiger partial charge is 0.463 e. The van der Waals surface area contributed by atoms with E-state index < -0.39 is 17.3 Å². The fourth-order valence-corrected chi connectivity index (χ4v) is 2.50. The van der Waals surface area contributed by atoms with E-state index >= 15 is 0 Å². The van der Waals surface area contributed by atoms with Crippen LogP contribution < -0.4 is 16.0 Å². The summed E-state index contributed by atoms with van der Waals surface area (Å²) < 4.78 is 10.9. The van der Waals surface area contributed by atoms with Crippen LogP contribution in [0.5, 0.6) is 0 Å². The zero-order valence-electron chi connectivity index (χ0n) is 19.0. The minimum absolute atomic E-state index is 0.126. The molecule has 0 saturated carbocycles. The number of furan rings is 1. The maximum absolute atomic E-state index is 12.1. The number of aliphatic imine (C=N–C) groups is 1. The Morgan fingerprint density at radius 1 is 1.24 bits per heavy atom. The molecule has 1 aromatic heterocycles. The molecule has 0 aliphatic rings. The Morgan fingerprint density at radius 3 is 2.38 bits per heavy atom. The second kappa shape index (κ2) is 10.5. The second-order valence-corrected chi connectivity index (χ2v) is 8.76. The zero-order chi connectivity index (χ0) is 22.2. The van der Waals surface area contributed by atoms with Crippen molar-refractivity contribution in [3.63, 3.8) is 0 Å². The first kappa shape index (κ1) is 24.8. The Kier molecular flexibility index (Phi) is 9.01. The highest BCUT2D eigenvalue weighted by molar-refractivity contribution is 5.80. The standard InChI is InChI=1S/C21H38N4O4/c1-9-22-18(24-13-21(8,27)17-11-10-15(4)28-17)23-12-16(14(2)3)25-19(26)29-20(5,6)7/h10-11,14,16,27H,9,12-13H2,1-8H3,(H,25,26)(H2,22,23,24). The van der Waals surface area contributed by atoms with Crippen LogP contribution in [0, 0.1) is 12.8 Å². The summed E-state index contributed by atoms with van der Waals surface area (Å²) in [5.74, 6) is 1.95. The van der Waals surface area contributed by atoms with Gasteiger partial charge in [-0.05, 0) is 59.6 Å². The van der Waals surface area contributed by atoms with Crippen molar-refractivity contribution in [2.75, 3.05) is 19.6 Å². The van der Waals surface area contributed by atoms with Crippen molar-refractivity contribution in [2.24, 2.45) is 10.9 Å². The topological polar surface area (TPSA) is 108 Å². The van der Waals surface area contributed by atoms with Crippen LogP contribution in [0.15, 0.2) is 21.5 Å². The summed E-state index contributed by atoms with van der Waals surface area (Å²) >= 11 is 0. The van der Waals surface area contributed by atoms with Crippen molar-refractivity contribution in [1.82, 2.24) is 16.0 Å². The minimum atomic E-state index is -1.22. The Labute approximate surface area is 174 Å². The number of hydrogen-bond donors (Lipinski definition) is 4. The number of hydrogen-bond acceptors (Lipinski definition) is 5. The van der Waals surface area contributed by atoms with E-state index in [0.717, 1.165) is 5.76 Å². The minimum Gasteiger partial charge on any atom is -0.463 e. The third kappa shape index (κ3) is 9.21. The summed E-state index contributed by atoms with van der Waals surface area (Å²) in [6.07, 6.45) is -0.448. The predicted octanol–water partition coefficient (Wildman–Crippen LogP) is 2.90. The van der Waals surface area contributed by atoms with Gasteiger partial charge >= 0.3 is 6.09 Å². The maximum Gasteiger partial charge on any atom is 0.407 e. The number of aliphatic hydroxyl groups is 1. The lowest BCUT2D eigenvalue weighted by atomic mass is 10.0. The number of carbonyl (C=O) groups is 1. The first-order chi connectivity index (χ1) is 13.3. The van der Waals surface area contributed by atoms with Gasteiger partial charge in [-0.1, -0.05) is 13.8 Å². The van der Waals surface area contributed by atoms with Crippen LogP contribution in [0.1, 0.15) is 60.0 Å². The molecule has 2 unspecified atom stereocenters. The molecule has 1 rings (SSSR count). The van der Waals surface area contributed by atoms with E-state index in [4.69, 9.17) is 9.15 Å². The monoisotopic (exact) mass is 410 g/mol. The van der Waals surface area contributed by atoms with Gasteiger partial charge in [0.05, 0.1) is 12.6 Å². The lowest BCUT2D eigenvalue weighted by Gasteiger charge is -2.27. The van der Waals surface area contributed by atoms with Crippen LogP contribution in [0.25, 0.3) is 0 Å². The number of nitrogens with one attached hydrogen (secondary N) is 3. The van der Waals surface area contributed by atoms with Crippen molar-refractivity contribution in [3.05, 3.63) is 23.7 Å². The molecule has 1 aromatic rings. The van der Waals surface area contributed by atoms with Gasteiger partial charge in [0.2, 0.25) is 0 Å². The Morgan fingerprint density at radius 2 is 1.90 bits per heavy atom. The lowest BCUT2D eigenvalue weighted by Crippen LogP contribution is -2.50. The van der Waals surface area contributed by atoms with E-state index in [1.807, 2.05) is 54.5 Å². The van der Waals surface area contributed by atoms with Crippen LogP contribution in [0.4, 0.5) is 4.79 Å². The molecule has 0 spiro atoms. The van der Waals surface area contributed by atoms with E-state index in [9.17, 15) is 9.90 Å². The van der Waals surface area contributed by atoms with Gasteiger partial charge in [-0.2, -0.15) is 0 Å². The fraction of sp³-hybridized carbons (Fsp3) is 0.714. The molecular formula is C21H38N4O4. The van der Waals surface area contributed by atoms with Crippen LogP contribution in [0.2, 0.25) is 0 Å². The molecule has 2 atom stereocenters. The molecule has 8 heteroatoms. The number of guanidine groups is 1. The number of rotatable bonds is 8. The maximum atomic E-state index is 12.1. The van der Waals surface area contributed by atoms with Crippen molar-refractivity contribution in [3.8, 4) is 0 Å². The summed E-state index contributed by atoms with van der Waals surface area (Å²) in [5, 5.41) is 20.0. The van der Waals surface area contributed by atoms with Gasteiger partial charge in [0.25, 0.3) is 0 Å². The van der Waals surface area contributed by atoms with Gasteiger partial charge < -0.3 is 30.2 Å². The molecule has 1 amide bonds. The van der Waals surface area contributed by atoms with Gasteiger partial charge in [0.15, 0.2) is 5.96 Å². The molecular weight excluding hydrogens is 372 g/mol.